The third kappa shape index (κ3) is 1.73. The summed E-state index contributed by atoms with van der Waals surface area (Å²) in [6, 6.07) is 5.50. The van der Waals surface area contributed by atoms with Gasteiger partial charge in [0.05, 0.1) is 0 Å². The van der Waals surface area contributed by atoms with Crippen molar-refractivity contribution in [1.82, 2.24) is 5.32 Å². The third-order valence-electron chi connectivity index (χ3n) is 3.89. The maximum atomic E-state index is 13.2. The van der Waals surface area contributed by atoms with Crippen LogP contribution >= 0.6 is 0 Å². The molecule has 1 N–H and O–H groups in total. The minimum absolute atomic E-state index is 0.397. The highest BCUT2D eigenvalue weighted by atomic mass is 19.2. The van der Waals surface area contributed by atoms with Gasteiger partial charge in [-0.05, 0) is 49.3 Å². The van der Waals surface area contributed by atoms with Crippen LogP contribution < -0.4 is 5.32 Å². The zero-order valence-corrected chi connectivity index (χ0v) is 9.05. The van der Waals surface area contributed by atoms with Gasteiger partial charge in [0, 0.05) is 12.1 Å². The van der Waals surface area contributed by atoms with Gasteiger partial charge in [0.25, 0.3) is 0 Å². The van der Waals surface area contributed by atoms with Crippen molar-refractivity contribution in [3.05, 3.63) is 35.4 Å². The van der Waals surface area contributed by atoms with E-state index < -0.39 is 11.6 Å². The number of fused-ring (bicyclic) bond motifs is 2. The Bertz CT molecular complexity index is 393. The zero-order chi connectivity index (χ0) is 11.1. The van der Waals surface area contributed by atoms with E-state index in [1.54, 1.807) is 6.07 Å². The van der Waals surface area contributed by atoms with Gasteiger partial charge in [-0.3, -0.25) is 0 Å². The molecule has 2 fully saturated rings. The topological polar surface area (TPSA) is 12.0 Å². The summed E-state index contributed by atoms with van der Waals surface area (Å²) in [5.74, 6) is -1.07. The van der Waals surface area contributed by atoms with Gasteiger partial charge in [-0.25, -0.2) is 8.78 Å². The lowest BCUT2D eigenvalue weighted by Gasteiger charge is -2.29. The summed E-state index contributed by atoms with van der Waals surface area (Å²) < 4.78 is 26.0. The van der Waals surface area contributed by atoms with Gasteiger partial charge in [0.15, 0.2) is 11.6 Å². The fraction of sp³-hybridized carbons (Fsp3) is 0.538. The van der Waals surface area contributed by atoms with Crippen molar-refractivity contribution in [1.29, 1.82) is 0 Å². The normalized spacial score (nSPS) is 33.0. The van der Waals surface area contributed by atoms with Gasteiger partial charge in [-0.15, -0.1) is 0 Å². The lowest BCUT2D eigenvalue weighted by atomic mass is 9.86. The lowest BCUT2D eigenvalue weighted by Crippen LogP contribution is -2.37. The highest BCUT2D eigenvalue weighted by Gasteiger charge is 2.34. The van der Waals surface area contributed by atoms with Crippen LogP contribution in [-0.4, -0.2) is 12.1 Å². The minimum atomic E-state index is -0.749. The zero-order valence-electron chi connectivity index (χ0n) is 9.05. The van der Waals surface area contributed by atoms with Gasteiger partial charge in [0.1, 0.15) is 0 Å². The first-order valence-electron chi connectivity index (χ1n) is 5.93. The van der Waals surface area contributed by atoms with Crippen LogP contribution in [0.1, 0.15) is 37.2 Å². The van der Waals surface area contributed by atoms with E-state index in [1.807, 2.05) is 0 Å². The van der Waals surface area contributed by atoms with Gasteiger partial charge in [-0.2, -0.15) is 0 Å². The largest absolute Gasteiger partial charge is 0.311 e. The maximum Gasteiger partial charge on any atom is 0.159 e. The first kappa shape index (κ1) is 10.2. The van der Waals surface area contributed by atoms with E-state index in [4.69, 9.17) is 0 Å². The lowest BCUT2D eigenvalue weighted by molar-refractivity contribution is 0.362. The number of nitrogens with one attached hydrogen (secondary N) is 1. The van der Waals surface area contributed by atoms with E-state index in [-0.39, 0.29) is 0 Å². The quantitative estimate of drug-likeness (QED) is 0.771. The molecule has 2 aliphatic heterocycles. The smallest absolute Gasteiger partial charge is 0.159 e. The number of piperidine rings is 1. The second kappa shape index (κ2) is 3.81. The Balaban J connectivity index is 1.84. The van der Waals surface area contributed by atoms with Crippen molar-refractivity contribution in [3.63, 3.8) is 0 Å². The number of rotatable bonds is 1. The first-order chi connectivity index (χ1) is 7.72. The monoisotopic (exact) mass is 223 g/mol. The summed E-state index contributed by atoms with van der Waals surface area (Å²) in [6.45, 7) is 0. The SMILES string of the molecule is Fc1ccc([C@H]2C[C@H]3CC[C@@H](C2)N3)cc1F. The Morgan fingerprint density at radius 1 is 1.00 bits per heavy atom. The van der Waals surface area contributed by atoms with Crippen LogP contribution in [0.2, 0.25) is 0 Å². The predicted molar refractivity (Wildman–Crippen MR) is 58.3 cm³/mol. The first-order valence-corrected chi connectivity index (χ1v) is 5.93. The molecule has 0 saturated carbocycles. The van der Waals surface area contributed by atoms with E-state index in [9.17, 15) is 8.78 Å². The Hall–Kier alpha value is -0.960. The van der Waals surface area contributed by atoms with Crippen LogP contribution in [0.5, 0.6) is 0 Å². The second-order valence-electron chi connectivity index (χ2n) is 4.98. The van der Waals surface area contributed by atoms with E-state index in [2.05, 4.69) is 5.32 Å². The molecule has 0 aromatic heterocycles. The van der Waals surface area contributed by atoms with Crippen LogP contribution in [0.25, 0.3) is 0 Å². The molecule has 2 heterocycles. The summed E-state index contributed by atoms with van der Waals surface area (Å²) >= 11 is 0. The molecule has 86 valence electrons. The van der Waals surface area contributed by atoms with E-state index in [1.165, 1.54) is 25.0 Å². The molecule has 2 saturated heterocycles. The third-order valence-corrected chi connectivity index (χ3v) is 3.89. The molecule has 0 amide bonds. The Morgan fingerprint density at radius 2 is 1.69 bits per heavy atom. The molecule has 2 aliphatic rings. The molecule has 0 unspecified atom stereocenters. The van der Waals surface area contributed by atoms with E-state index in [0.29, 0.717) is 18.0 Å². The van der Waals surface area contributed by atoms with E-state index >= 15 is 0 Å². The van der Waals surface area contributed by atoms with E-state index in [0.717, 1.165) is 18.4 Å². The van der Waals surface area contributed by atoms with Gasteiger partial charge >= 0.3 is 0 Å². The number of halogens is 2. The highest BCUT2D eigenvalue weighted by molar-refractivity contribution is 5.23. The van der Waals surface area contributed by atoms with Crippen molar-refractivity contribution in [2.24, 2.45) is 0 Å². The molecular weight excluding hydrogens is 208 g/mol. The molecule has 0 aliphatic carbocycles. The van der Waals surface area contributed by atoms with Crippen LogP contribution in [-0.2, 0) is 0 Å². The van der Waals surface area contributed by atoms with Crippen LogP contribution in [0.15, 0.2) is 18.2 Å². The maximum absolute atomic E-state index is 13.2. The summed E-state index contributed by atoms with van der Waals surface area (Å²) in [5.41, 5.74) is 0.956. The summed E-state index contributed by atoms with van der Waals surface area (Å²) in [4.78, 5) is 0. The molecular formula is C13H15F2N. The molecule has 1 nitrogen and oxygen atoms in total. The average Bonchev–Trinajstić information content (AvgIpc) is 2.62. The summed E-state index contributed by atoms with van der Waals surface area (Å²) in [5, 5.41) is 3.55. The van der Waals surface area contributed by atoms with Crippen molar-refractivity contribution in [2.75, 3.05) is 0 Å². The molecule has 0 spiro atoms. The molecule has 0 radical (unpaired) electrons. The van der Waals surface area contributed by atoms with Crippen molar-refractivity contribution in [2.45, 2.75) is 43.7 Å². The predicted octanol–water partition coefficient (Wildman–Crippen LogP) is 2.96. The summed E-state index contributed by atoms with van der Waals surface area (Å²) in [7, 11) is 0. The van der Waals surface area contributed by atoms with Gasteiger partial charge < -0.3 is 5.32 Å². The van der Waals surface area contributed by atoms with Crippen LogP contribution in [0.4, 0.5) is 8.78 Å². The Kier molecular flexibility index (Phi) is 2.43. The Labute approximate surface area is 93.9 Å². The molecule has 3 heteroatoms. The van der Waals surface area contributed by atoms with Gasteiger partial charge in [-0.1, -0.05) is 6.07 Å². The molecule has 1 aromatic rings. The van der Waals surface area contributed by atoms with Crippen molar-refractivity contribution >= 4 is 0 Å². The fourth-order valence-electron chi connectivity index (χ4n) is 3.10. The fourth-order valence-corrected chi connectivity index (χ4v) is 3.10. The van der Waals surface area contributed by atoms with Crippen LogP contribution in [0.3, 0.4) is 0 Å². The molecule has 3 atom stereocenters. The molecule has 16 heavy (non-hydrogen) atoms. The van der Waals surface area contributed by atoms with Gasteiger partial charge in [0.2, 0.25) is 0 Å². The number of hydrogen-bond acceptors (Lipinski definition) is 1. The number of hydrogen-bond donors (Lipinski definition) is 1. The summed E-state index contributed by atoms with van der Waals surface area (Å²) in [6.07, 6.45) is 4.57. The molecule has 1 aromatic carbocycles. The number of benzene rings is 1. The Morgan fingerprint density at radius 3 is 2.31 bits per heavy atom. The van der Waals surface area contributed by atoms with Crippen molar-refractivity contribution in [3.8, 4) is 0 Å². The highest BCUT2D eigenvalue weighted by Crippen LogP contribution is 2.37. The second-order valence-corrected chi connectivity index (χ2v) is 4.98. The molecule has 3 rings (SSSR count). The standard InChI is InChI=1S/C13H15F2N/c14-12-4-1-8(7-13(12)15)9-5-10-2-3-11(6-9)16-10/h1,4,7,9-11,16H,2-3,5-6H2/t9-,10+,11-. The molecule has 2 bridgehead atoms. The van der Waals surface area contributed by atoms with Crippen LogP contribution in [0, 0.1) is 11.6 Å². The average molecular weight is 223 g/mol. The van der Waals surface area contributed by atoms with Crippen molar-refractivity contribution < 1.29 is 8.78 Å². The minimum Gasteiger partial charge on any atom is -0.311 e.